The molecule has 1 unspecified atom stereocenters. The fraction of sp³-hybridized carbons (Fsp3) is 0.538. The highest BCUT2D eigenvalue weighted by molar-refractivity contribution is 5.30. The molecule has 14 heavy (non-hydrogen) atoms. The number of hydrogen-bond donors (Lipinski definition) is 1. The van der Waals surface area contributed by atoms with E-state index in [9.17, 15) is 0 Å². The second kappa shape index (κ2) is 5.16. The lowest BCUT2D eigenvalue weighted by molar-refractivity contribution is 0.272. The molecule has 1 N–H and O–H groups in total. The molecule has 1 atom stereocenters. The van der Waals surface area contributed by atoms with E-state index in [2.05, 4.69) is 39.0 Å². The molecule has 0 aliphatic rings. The Labute approximate surface area is 86.8 Å². The van der Waals surface area contributed by atoms with E-state index in [1.807, 2.05) is 6.07 Å². The molecular formula is C13H20O. The first kappa shape index (κ1) is 11.3. The minimum absolute atomic E-state index is 0.231. The SMILES string of the molecule is CC(C)Cc1ccccc1C(C)CO. The molecule has 0 saturated heterocycles. The van der Waals surface area contributed by atoms with Crippen LogP contribution in [0.2, 0.25) is 0 Å². The first-order valence-corrected chi connectivity index (χ1v) is 5.33. The topological polar surface area (TPSA) is 20.2 Å². The molecular weight excluding hydrogens is 172 g/mol. The van der Waals surface area contributed by atoms with E-state index in [0.29, 0.717) is 5.92 Å². The van der Waals surface area contributed by atoms with Crippen LogP contribution in [0.3, 0.4) is 0 Å². The number of hydrogen-bond acceptors (Lipinski definition) is 1. The van der Waals surface area contributed by atoms with Gasteiger partial charge in [-0.1, -0.05) is 45.0 Å². The van der Waals surface area contributed by atoms with Gasteiger partial charge in [-0.2, -0.15) is 0 Å². The Hall–Kier alpha value is -0.820. The third kappa shape index (κ3) is 2.85. The molecule has 1 nitrogen and oxygen atoms in total. The molecule has 0 saturated carbocycles. The molecule has 1 heteroatoms. The molecule has 0 radical (unpaired) electrons. The molecule has 0 aromatic heterocycles. The third-order valence-electron chi connectivity index (χ3n) is 2.49. The standard InChI is InChI=1S/C13H20O/c1-10(2)8-12-6-4-5-7-13(12)11(3)9-14/h4-7,10-11,14H,8-9H2,1-3H3. The van der Waals surface area contributed by atoms with Crippen LogP contribution in [0, 0.1) is 5.92 Å². The highest BCUT2D eigenvalue weighted by atomic mass is 16.3. The normalized spacial score (nSPS) is 13.2. The van der Waals surface area contributed by atoms with Gasteiger partial charge in [-0.05, 0) is 23.5 Å². The Morgan fingerprint density at radius 1 is 1.14 bits per heavy atom. The van der Waals surface area contributed by atoms with Crippen molar-refractivity contribution in [1.82, 2.24) is 0 Å². The summed E-state index contributed by atoms with van der Waals surface area (Å²) in [7, 11) is 0. The summed E-state index contributed by atoms with van der Waals surface area (Å²) in [6, 6.07) is 8.41. The van der Waals surface area contributed by atoms with Gasteiger partial charge in [0.2, 0.25) is 0 Å². The van der Waals surface area contributed by atoms with Crippen LogP contribution in [0.5, 0.6) is 0 Å². The maximum absolute atomic E-state index is 9.15. The highest BCUT2D eigenvalue weighted by Crippen LogP contribution is 2.21. The molecule has 78 valence electrons. The van der Waals surface area contributed by atoms with E-state index >= 15 is 0 Å². The van der Waals surface area contributed by atoms with Gasteiger partial charge >= 0.3 is 0 Å². The van der Waals surface area contributed by atoms with Crippen molar-refractivity contribution in [2.45, 2.75) is 33.1 Å². The fourth-order valence-electron chi connectivity index (χ4n) is 1.74. The van der Waals surface area contributed by atoms with Crippen molar-refractivity contribution in [2.75, 3.05) is 6.61 Å². The zero-order valence-electron chi connectivity index (χ0n) is 9.33. The smallest absolute Gasteiger partial charge is 0.0497 e. The van der Waals surface area contributed by atoms with E-state index in [1.54, 1.807) is 0 Å². The van der Waals surface area contributed by atoms with E-state index in [1.165, 1.54) is 11.1 Å². The second-order valence-corrected chi connectivity index (χ2v) is 4.38. The summed E-state index contributed by atoms with van der Waals surface area (Å²) in [4.78, 5) is 0. The summed E-state index contributed by atoms with van der Waals surface area (Å²) >= 11 is 0. The Kier molecular flexibility index (Phi) is 4.15. The lowest BCUT2D eigenvalue weighted by Gasteiger charge is -2.15. The molecule has 0 fully saturated rings. The average molecular weight is 192 g/mol. The van der Waals surface area contributed by atoms with Crippen molar-refractivity contribution in [3.05, 3.63) is 35.4 Å². The zero-order chi connectivity index (χ0) is 10.6. The molecule has 0 amide bonds. The molecule has 1 rings (SSSR count). The summed E-state index contributed by atoms with van der Waals surface area (Å²) < 4.78 is 0. The van der Waals surface area contributed by atoms with Crippen LogP contribution >= 0.6 is 0 Å². The van der Waals surface area contributed by atoms with Crippen molar-refractivity contribution in [1.29, 1.82) is 0 Å². The Bertz CT molecular complexity index is 278. The van der Waals surface area contributed by atoms with Gasteiger partial charge in [0.25, 0.3) is 0 Å². The monoisotopic (exact) mass is 192 g/mol. The van der Waals surface area contributed by atoms with E-state index in [4.69, 9.17) is 5.11 Å². The van der Waals surface area contributed by atoms with Crippen molar-refractivity contribution in [2.24, 2.45) is 5.92 Å². The molecule has 0 bridgehead atoms. The van der Waals surface area contributed by atoms with Crippen LogP contribution in [0.1, 0.15) is 37.8 Å². The van der Waals surface area contributed by atoms with E-state index < -0.39 is 0 Å². The molecule has 0 aliphatic carbocycles. The van der Waals surface area contributed by atoms with Gasteiger partial charge in [0, 0.05) is 12.5 Å². The van der Waals surface area contributed by atoms with E-state index in [0.717, 1.165) is 6.42 Å². The number of rotatable bonds is 4. The molecule has 0 aliphatic heterocycles. The van der Waals surface area contributed by atoms with Crippen LogP contribution in [-0.2, 0) is 6.42 Å². The van der Waals surface area contributed by atoms with Crippen LogP contribution in [0.15, 0.2) is 24.3 Å². The highest BCUT2D eigenvalue weighted by Gasteiger charge is 2.09. The second-order valence-electron chi connectivity index (χ2n) is 4.38. The lowest BCUT2D eigenvalue weighted by Crippen LogP contribution is -2.05. The van der Waals surface area contributed by atoms with Crippen LogP contribution in [-0.4, -0.2) is 11.7 Å². The van der Waals surface area contributed by atoms with Gasteiger partial charge in [0.1, 0.15) is 0 Å². The summed E-state index contributed by atoms with van der Waals surface area (Å²) in [5, 5.41) is 9.15. The fourth-order valence-corrected chi connectivity index (χ4v) is 1.74. The van der Waals surface area contributed by atoms with Crippen LogP contribution in [0.25, 0.3) is 0 Å². The van der Waals surface area contributed by atoms with Gasteiger partial charge in [-0.3, -0.25) is 0 Å². The lowest BCUT2D eigenvalue weighted by atomic mass is 9.91. The van der Waals surface area contributed by atoms with Crippen molar-refractivity contribution in [3.63, 3.8) is 0 Å². The minimum Gasteiger partial charge on any atom is -0.396 e. The van der Waals surface area contributed by atoms with Gasteiger partial charge in [0.15, 0.2) is 0 Å². The maximum Gasteiger partial charge on any atom is 0.0497 e. The largest absolute Gasteiger partial charge is 0.396 e. The minimum atomic E-state index is 0.231. The van der Waals surface area contributed by atoms with Gasteiger partial charge in [0.05, 0.1) is 0 Å². The van der Waals surface area contributed by atoms with Crippen molar-refractivity contribution < 1.29 is 5.11 Å². The van der Waals surface area contributed by atoms with E-state index in [-0.39, 0.29) is 12.5 Å². The maximum atomic E-state index is 9.15. The predicted octanol–water partition coefficient (Wildman–Crippen LogP) is 2.98. The Morgan fingerprint density at radius 2 is 1.79 bits per heavy atom. The molecule has 0 spiro atoms. The van der Waals surface area contributed by atoms with Gasteiger partial charge in [-0.15, -0.1) is 0 Å². The first-order valence-electron chi connectivity index (χ1n) is 5.33. The molecule has 1 aromatic rings. The first-order chi connectivity index (χ1) is 6.65. The Balaban J connectivity index is 2.91. The summed E-state index contributed by atoms with van der Waals surface area (Å²) in [6.07, 6.45) is 1.10. The summed E-state index contributed by atoms with van der Waals surface area (Å²) in [5.41, 5.74) is 2.67. The number of aliphatic hydroxyl groups is 1. The van der Waals surface area contributed by atoms with Crippen LogP contribution < -0.4 is 0 Å². The third-order valence-corrected chi connectivity index (χ3v) is 2.49. The number of aliphatic hydroxyl groups excluding tert-OH is 1. The number of benzene rings is 1. The molecule has 1 aromatic carbocycles. The van der Waals surface area contributed by atoms with Crippen LogP contribution in [0.4, 0.5) is 0 Å². The quantitative estimate of drug-likeness (QED) is 0.777. The summed E-state index contributed by atoms with van der Waals surface area (Å²) in [6.45, 7) is 6.75. The Morgan fingerprint density at radius 3 is 2.36 bits per heavy atom. The van der Waals surface area contributed by atoms with Gasteiger partial charge < -0.3 is 5.11 Å². The van der Waals surface area contributed by atoms with Gasteiger partial charge in [-0.25, -0.2) is 0 Å². The zero-order valence-corrected chi connectivity index (χ0v) is 9.33. The molecule has 0 heterocycles. The average Bonchev–Trinajstić information content (AvgIpc) is 2.16. The van der Waals surface area contributed by atoms with Crippen molar-refractivity contribution >= 4 is 0 Å². The summed E-state index contributed by atoms with van der Waals surface area (Å²) in [5.74, 6) is 0.923. The predicted molar refractivity (Wildman–Crippen MR) is 60.5 cm³/mol. The van der Waals surface area contributed by atoms with Crippen molar-refractivity contribution in [3.8, 4) is 0 Å².